The zero-order chi connectivity index (χ0) is 37.3. The fourth-order valence-corrected chi connectivity index (χ4v) is 12.1. The van der Waals surface area contributed by atoms with E-state index in [-0.39, 0.29) is 48.6 Å². The highest BCUT2D eigenvalue weighted by atomic mass is 16.7. The predicted molar refractivity (Wildman–Crippen MR) is 184 cm³/mol. The molecule has 7 fully saturated rings. The zero-order valence-corrected chi connectivity index (χ0v) is 31.8. The van der Waals surface area contributed by atoms with Crippen LogP contribution in [-0.4, -0.2) is 124 Å². The lowest BCUT2D eigenvalue weighted by Crippen LogP contribution is -2.62. The molecule has 0 aromatic heterocycles. The molecule has 13 heteroatoms. The summed E-state index contributed by atoms with van der Waals surface area (Å²) in [4.78, 5) is 12.7. The molecule has 3 saturated heterocycles. The van der Waals surface area contributed by atoms with Crippen LogP contribution in [0.2, 0.25) is 0 Å². The number of esters is 1. The molecule has 298 valence electrons. The third kappa shape index (κ3) is 6.79. The van der Waals surface area contributed by atoms with Gasteiger partial charge in [-0.05, 0) is 102 Å². The van der Waals surface area contributed by atoms with Crippen LogP contribution in [0.3, 0.4) is 0 Å². The number of rotatable bonds is 7. The van der Waals surface area contributed by atoms with Gasteiger partial charge in [-0.15, -0.1) is 0 Å². The van der Waals surface area contributed by atoms with Crippen LogP contribution in [0.4, 0.5) is 0 Å². The van der Waals surface area contributed by atoms with Crippen LogP contribution in [0.25, 0.3) is 0 Å². The second-order valence-electron chi connectivity index (χ2n) is 17.9. The fourth-order valence-electron chi connectivity index (χ4n) is 12.1. The number of ether oxygens (including phenoxy) is 7. The van der Waals surface area contributed by atoms with E-state index in [1.54, 1.807) is 13.8 Å². The summed E-state index contributed by atoms with van der Waals surface area (Å²) in [5, 5.41) is 54.7. The van der Waals surface area contributed by atoms with Gasteiger partial charge in [0, 0.05) is 24.7 Å². The Balaban J connectivity index is 0.898. The van der Waals surface area contributed by atoms with Gasteiger partial charge < -0.3 is 58.7 Å². The Morgan fingerprint density at radius 1 is 0.654 bits per heavy atom. The maximum atomic E-state index is 12.7. The lowest BCUT2D eigenvalue weighted by Gasteiger charge is -2.63. The molecule has 7 rings (SSSR count). The zero-order valence-electron chi connectivity index (χ0n) is 31.8. The number of carbonyl (C=O) groups excluding carboxylic acids is 1. The molecule has 3 heterocycles. The summed E-state index contributed by atoms with van der Waals surface area (Å²) in [6, 6.07) is 0. The van der Waals surface area contributed by atoms with E-state index in [1.165, 1.54) is 7.11 Å². The van der Waals surface area contributed by atoms with Gasteiger partial charge in [-0.3, -0.25) is 4.79 Å². The van der Waals surface area contributed by atoms with Crippen LogP contribution in [0.15, 0.2) is 0 Å². The van der Waals surface area contributed by atoms with E-state index in [0.717, 1.165) is 44.9 Å². The van der Waals surface area contributed by atoms with Crippen molar-refractivity contribution in [3.63, 3.8) is 0 Å². The molecule has 0 radical (unpaired) electrons. The minimum Gasteiger partial charge on any atom is -0.469 e. The summed E-state index contributed by atoms with van der Waals surface area (Å²) in [5.41, 5.74) is -1.19. The number of fused-ring (bicyclic) bond motifs is 5. The van der Waals surface area contributed by atoms with Gasteiger partial charge in [0.15, 0.2) is 18.9 Å². The molecule has 0 unspecified atom stereocenters. The van der Waals surface area contributed by atoms with Crippen molar-refractivity contribution in [3.05, 3.63) is 0 Å². The van der Waals surface area contributed by atoms with E-state index >= 15 is 0 Å². The van der Waals surface area contributed by atoms with Gasteiger partial charge >= 0.3 is 5.97 Å². The number of aliphatic hydroxyl groups is 5. The van der Waals surface area contributed by atoms with E-state index in [4.69, 9.17) is 33.2 Å². The topological polar surface area (TPSA) is 183 Å². The molecule has 3 aliphatic heterocycles. The minimum absolute atomic E-state index is 0.0127. The van der Waals surface area contributed by atoms with Crippen molar-refractivity contribution in [2.24, 2.45) is 34.5 Å². The first-order valence-corrected chi connectivity index (χ1v) is 20.0. The summed E-state index contributed by atoms with van der Waals surface area (Å²) in [6.07, 6.45) is -0.503. The molecule has 4 aliphatic carbocycles. The molecule has 0 aromatic rings. The maximum absolute atomic E-state index is 12.7. The lowest BCUT2D eigenvalue weighted by atomic mass is 9.43. The molecular weight excluding hydrogens is 676 g/mol. The van der Waals surface area contributed by atoms with Gasteiger partial charge in [0.2, 0.25) is 0 Å². The first-order chi connectivity index (χ1) is 24.6. The third-order valence-electron chi connectivity index (χ3n) is 15.2. The van der Waals surface area contributed by atoms with Crippen molar-refractivity contribution in [2.75, 3.05) is 7.11 Å². The number of methoxy groups -OCH3 is 1. The van der Waals surface area contributed by atoms with E-state index < -0.39 is 84.8 Å². The van der Waals surface area contributed by atoms with Crippen LogP contribution >= 0.6 is 0 Å². The summed E-state index contributed by atoms with van der Waals surface area (Å²) >= 11 is 0. The highest BCUT2D eigenvalue weighted by Crippen LogP contribution is 2.69. The first kappa shape index (κ1) is 39.3. The second-order valence-corrected chi connectivity index (χ2v) is 17.9. The molecular formula is C39H64O13. The van der Waals surface area contributed by atoms with E-state index in [0.29, 0.717) is 24.7 Å². The van der Waals surface area contributed by atoms with Gasteiger partial charge in [-0.25, -0.2) is 0 Å². The predicted octanol–water partition coefficient (Wildman–Crippen LogP) is 2.94. The minimum atomic E-state index is -0.996. The fraction of sp³-hybridized carbons (Fsp3) is 0.974. The number of hydrogen-bond donors (Lipinski definition) is 5. The second kappa shape index (κ2) is 14.8. The molecule has 0 spiro atoms. The molecule has 52 heavy (non-hydrogen) atoms. The van der Waals surface area contributed by atoms with Crippen molar-refractivity contribution < 1.29 is 63.5 Å². The molecule has 0 bridgehead atoms. The summed E-state index contributed by atoms with van der Waals surface area (Å²) in [7, 11) is 1.45. The molecule has 7 aliphatic rings. The Kier molecular flexibility index (Phi) is 11.2. The summed E-state index contributed by atoms with van der Waals surface area (Å²) in [6.45, 7) is 9.83. The highest BCUT2D eigenvalue weighted by Gasteiger charge is 2.68. The monoisotopic (exact) mass is 740 g/mol. The van der Waals surface area contributed by atoms with Crippen LogP contribution in [0.1, 0.15) is 112 Å². The number of aliphatic hydroxyl groups excluding tert-OH is 4. The van der Waals surface area contributed by atoms with Crippen molar-refractivity contribution in [2.45, 2.75) is 197 Å². The van der Waals surface area contributed by atoms with Gasteiger partial charge in [-0.2, -0.15) is 0 Å². The van der Waals surface area contributed by atoms with Gasteiger partial charge in [0.25, 0.3) is 0 Å². The quantitative estimate of drug-likeness (QED) is 0.190. The van der Waals surface area contributed by atoms with Gasteiger partial charge in [-0.1, -0.05) is 13.8 Å². The van der Waals surface area contributed by atoms with E-state index in [1.807, 2.05) is 6.92 Å². The van der Waals surface area contributed by atoms with Crippen molar-refractivity contribution in [3.8, 4) is 0 Å². The van der Waals surface area contributed by atoms with Crippen LogP contribution < -0.4 is 0 Å². The Labute approximate surface area is 307 Å². The molecule has 13 nitrogen and oxygen atoms in total. The standard InChI is InChI=1S/C39H64O13/c1-19-33(43)27(40)16-31(47-19)51-35-21(3)49-32(18-29(35)42)52-34-20(2)48-30(17-28(34)41)50-23-9-12-37(4)22(15-23)7-8-25-24(37)10-13-38(5)26(36(44)46-6)11-14-39(25,38)45/h19-35,40-43,45H,7-18H2,1-6H3/t19-,20-,21-,22-,23+,24+,25-,26-,27+,28+,29+,30+,31+,32+,33-,34-,35-,37+,38-,39+/m1/s1. The first-order valence-electron chi connectivity index (χ1n) is 20.0. The largest absolute Gasteiger partial charge is 0.469 e. The molecule has 0 aromatic carbocycles. The van der Waals surface area contributed by atoms with E-state index in [9.17, 15) is 30.3 Å². The lowest BCUT2D eigenvalue weighted by molar-refractivity contribution is -0.336. The highest BCUT2D eigenvalue weighted by molar-refractivity contribution is 5.74. The molecule has 5 N–H and O–H groups in total. The number of carbonyl (C=O) groups is 1. The van der Waals surface area contributed by atoms with Crippen LogP contribution in [0, 0.1) is 34.5 Å². The SMILES string of the molecule is COC(=O)[C@H]1CC[C@]2(O)[C@@H]3CC[C@@H]4C[C@@H](O[C@H]5C[C@H](O)[C@H](O[C@H]6C[C@H](O)[C@H](O[C@H]7C[C@H](O)[C@H](O)[C@@H](C)O7)[C@@H](C)O6)[C@@H](C)O5)CC[C@]4(C)[C@H]3CC[C@]12C. The van der Waals surface area contributed by atoms with Crippen LogP contribution in [-0.2, 0) is 38.0 Å². The van der Waals surface area contributed by atoms with Gasteiger partial charge in [0.05, 0.1) is 61.4 Å². The van der Waals surface area contributed by atoms with Crippen molar-refractivity contribution in [1.82, 2.24) is 0 Å². The molecule has 4 saturated carbocycles. The van der Waals surface area contributed by atoms with Gasteiger partial charge in [0.1, 0.15) is 18.3 Å². The summed E-state index contributed by atoms with van der Waals surface area (Å²) in [5.74, 6) is 0.632. The Morgan fingerprint density at radius 2 is 1.23 bits per heavy atom. The average molecular weight is 741 g/mol. The smallest absolute Gasteiger partial charge is 0.309 e. The summed E-state index contributed by atoms with van der Waals surface area (Å²) < 4.78 is 42.0. The normalized spacial score (nSPS) is 55.2. The van der Waals surface area contributed by atoms with Crippen molar-refractivity contribution in [1.29, 1.82) is 0 Å². The average Bonchev–Trinajstić information content (AvgIpc) is 3.37. The molecule has 20 atom stereocenters. The van der Waals surface area contributed by atoms with Crippen LogP contribution in [0.5, 0.6) is 0 Å². The maximum Gasteiger partial charge on any atom is 0.309 e. The van der Waals surface area contributed by atoms with E-state index in [2.05, 4.69) is 13.8 Å². The van der Waals surface area contributed by atoms with Crippen molar-refractivity contribution >= 4 is 5.97 Å². The Hall–Kier alpha value is -0.970. The third-order valence-corrected chi connectivity index (χ3v) is 15.2. The Morgan fingerprint density at radius 3 is 1.81 bits per heavy atom. The molecule has 0 amide bonds. The number of hydrogen-bond acceptors (Lipinski definition) is 13. The Bertz CT molecular complexity index is 1230.